The molecule has 0 radical (unpaired) electrons. The van der Waals surface area contributed by atoms with Gasteiger partial charge in [-0.3, -0.25) is 9.69 Å². The molecule has 180 valence electrons. The first-order valence-electron chi connectivity index (χ1n) is 12.6. The zero-order valence-corrected chi connectivity index (χ0v) is 20.9. The summed E-state index contributed by atoms with van der Waals surface area (Å²) >= 11 is 0. The van der Waals surface area contributed by atoms with E-state index in [2.05, 4.69) is 90.0 Å². The van der Waals surface area contributed by atoms with Crippen molar-refractivity contribution in [1.29, 1.82) is 0 Å². The summed E-state index contributed by atoms with van der Waals surface area (Å²) in [5.41, 5.74) is 8.63. The Hall–Kier alpha value is -3.44. The number of benzene rings is 2. The van der Waals surface area contributed by atoms with Crippen LogP contribution >= 0.6 is 0 Å². The van der Waals surface area contributed by atoms with Crippen LogP contribution in [0.3, 0.4) is 0 Å². The van der Waals surface area contributed by atoms with Gasteiger partial charge < -0.3 is 9.72 Å². The highest BCUT2D eigenvalue weighted by molar-refractivity contribution is 5.81. The Bertz CT molecular complexity index is 1340. The van der Waals surface area contributed by atoms with Gasteiger partial charge in [0.25, 0.3) is 0 Å². The van der Waals surface area contributed by atoms with Gasteiger partial charge in [0.15, 0.2) is 0 Å². The maximum Gasteiger partial charge on any atom is 0.226 e. The fourth-order valence-corrected chi connectivity index (χ4v) is 5.10. The van der Waals surface area contributed by atoms with Crippen molar-refractivity contribution in [2.24, 2.45) is 0 Å². The van der Waals surface area contributed by atoms with Gasteiger partial charge in [-0.05, 0) is 87.2 Å². The Morgan fingerprint density at radius 3 is 2.49 bits per heavy atom. The van der Waals surface area contributed by atoms with Crippen molar-refractivity contribution in [3.8, 4) is 11.3 Å². The van der Waals surface area contributed by atoms with E-state index in [0.717, 1.165) is 41.3 Å². The lowest BCUT2D eigenvalue weighted by atomic mass is 10.0. The van der Waals surface area contributed by atoms with E-state index in [0.29, 0.717) is 6.54 Å². The fraction of sp³-hybridized carbons (Fsp3) is 0.333. The van der Waals surface area contributed by atoms with Gasteiger partial charge in [0, 0.05) is 18.3 Å². The Morgan fingerprint density at radius 1 is 0.971 bits per heavy atom. The molecule has 5 rings (SSSR count). The number of hydrogen-bond acceptors (Lipinski definition) is 3. The molecule has 1 atom stereocenters. The molecule has 5 heteroatoms. The highest BCUT2D eigenvalue weighted by atomic mass is 16.1. The number of carbonyl (C=O) groups is 1. The van der Waals surface area contributed by atoms with E-state index in [1.807, 2.05) is 12.3 Å². The minimum Gasteiger partial charge on any atom is -0.354 e. The number of hydrogen-bond donors (Lipinski definition) is 1. The van der Waals surface area contributed by atoms with Gasteiger partial charge in [-0.15, -0.1) is 0 Å². The standard InChI is InChI=1S/C30H34N4O/c1-21-13-16-34-26(30(32-28(34)17-21)25-12-11-22(2)23(3)18-25)19-29(35)31-20-27(33-14-7-8-15-33)24-9-5-4-6-10-24/h4-6,9-13,16-18,27H,7-8,14-15,19-20H2,1-3H3,(H,31,35). The molecule has 35 heavy (non-hydrogen) atoms. The van der Waals surface area contributed by atoms with E-state index in [9.17, 15) is 4.79 Å². The van der Waals surface area contributed by atoms with E-state index in [1.54, 1.807) is 0 Å². The molecule has 0 bridgehead atoms. The number of imidazole rings is 1. The Labute approximate surface area is 207 Å². The van der Waals surface area contributed by atoms with Crippen LogP contribution in [-0.2, 0) is 11.2 Å². The van der Waals surface area contributed by atoms with Gasteiger partial charge in [0.2, 0.25) is 5.91 Å². The number of aromatic nitrogens is 2. The molecule has 1 fully saturated rings. The molecule has 2 aromatic carbocycles. The van der Waals surface area contributed by atoms with Crippen LogP contribution in [0.25, 0.3) is 16.9 Å². The van der Waals surface area contributed by atoms with Crippen molar-refractivity contribution >= 4 is 11.6 Å². The molecule has 4 aromatic rings. The number of nitrogens with one attached hydrogen (secondary N) is 1. The van der Waals surface area contributed by atoms with Crippen LogP contribution in [0.4, 0.5) is 0 Å². The lowest BCUT2D eigenvalue weighted by Gasteiger charge is -2.28. The maximum atomic E-state index is 13.3. The second-order valence-electron chi connectivity index (χ2n) is 9.79. The fourth-order valence-electron chi connectivity index (χ4n) is 5.10. The molecule has 1 amide bonds. The number of nitrogens with zero attached hydrogens (tertiary/aromatic N) is 3. The van der Waals surface area contributed by atoms with Gasteiger partial charge in [-0.2, -0.15) is 0 Å². The molecular weight excluding hydrogens is 432 g/mol. The first-order valence-corrected chi connectivity index (χ1v) is 12.6. The molecule has 2 aromatic heterocycles. The average Bonchev–Trinajstić information content (AvgIpc) is 3.50. The van der Waals surface area contributed by atoms with Crippen LogP contribution in [0.2, 0.25) is 0 Å². The van der Waals surface area contributed by atoms with E-state index in [1.165, 1.54) is 29.5 Å². The van der Waals surface area contributed by atoms with Gasteiger partial charge in [-0.25, -0.2) is 4.98 Å². The summed E-state index contributed by atoms with van der Waals surface area (Å²) in [5.74, 6) is 0.0255. The summed E-state index contributed by atoms with van der Waals surface area (Å²) in [7, 11) is 0. The predicted octanol–water partition coefficient (Wildman–Crippen LogP) is 5.42. The van der Waals surface area contributed by atoms with Crippen LogP contribution in [-0.4, -0.2) is 39.8 Å². The summed E-state index contributed by atoms with van der Waals surface area (Å²) in [6.45, 7) is 9.08. The van der Waals surface area contributed by atoms with E-state index < -0.39 is 0 Å². The van der Waals surface area contributed by atoms with Gasteiger partial charge >= 0.3 is 0 Å². The number of amides is 1. The average molecular weight is 467 g/mol. The summed E-state index contributed by atoms with van der Waals surface area (Å²) in [6, 6.07) is 21.3. The van der Waals surface area contributed by atoms with Crippen molar-refractivity contribution in [3.63, 3.8) is 0 Å². The molecule has 5 nitrogen and oxygen atoms in total. The zero-order chi connectivity index (χ0) is 24.4. The van der Waals surface area contributed by atoms with Gasteiger partial charge in [-0.1, -0.05) is 42.5 Å². The Morgan fingerprint density at radius 2 is 1.74 bits per heavy atom. The zero-order valence-electron chi connectivity index (χ0n) is 20.9. The highest BCUT2D eigenvalue weighted by Crippen LogP contribution is 2.28. The predicted molar refractivity (Wildman–Crippen MR) is 142 cm³/mol. The molecule has 1 unspecified atom stereocenters. The molecule has 1 aliphatic rings. The summed E-state index contributed by atoms with van der Waals surface area (Å²) in [5, 5.41) is 3.25. The third kappa shape index (κ3) is 5.01. The minimum atomic E-state index is 0.0255. The molecule has 0 saturated carbocycles. The smallest absolute Gasteiger partial charge is 0.226 e. The van der Waals surface area contributed by atoms with Crippen LogP contribution < -0.4 is 5.32 Å². The van der Waals surface area contributed by atoms with Crippen LogP contribution in [0.15, 0.2) is 66.9 Å². The second-order valence-corrected chi connectivity index (χ2v) is 9.79. The summed E-state index contributed by atoms with van der Waals surface area (Å²) < 4.78 is 2.06. The molecule has 1 aliphatic heterocycles. The number of likely N-dealkylation sites (tertiary alicyclic amines) is 1. The first-order chi connectivity index (χ1) is 17.0. The first kappa shape index (κ1) is 23.3. The Kier molecular flexibility index (Phi) is 6.69. The molecular formula is C30H34N4O. The normalized spacial score (nSPS) is 14.9. The van der Waals surface area contributed by atoms with Crippen LogP contribution in [0, 0.1) is 20.8 Å². The molecule has 1 saturated heterocycles. The summed E-state index contributed by atoms with van der Waals surface area (Å²) in [4.78, 5) is 20.7. The van der Waals surface area contributed by atoms with E-state index in [-0.39, 0.29) is 18.4 Å². The van der Waals surface area contributed by atoms with E-state index in [4.69, 9.17) is 4.98 Å². The number of aryl methyl sites for hydroxylation is 3. The van der Waals surface area contributed by atoms with Crippen LogP contribution in [0.5, 0.6) is 0 Å². The van der Waals surface area contributed by atoms with E-state index >= 15 is 0 Å². The van der Waals surface area contributed by atoms with Crippen molar-refractivity contribution < 1.29 is 4.79 Å². The third-order valence-electron chi connectivity index (χ3n) is 7.25. The lowest BCUT2D eigenvalue weighted by Crippen LogP contribution is -2.37. The van der Waals surface area contributed by atoms with Gasteiger partial charge in [0.05, 0.1) is 23.9 Å². The van der Waals surface area contributed by atoms with Gasteiger partial charge in [0.1, 0.15) is 5.65 Å². The number of rotatable bonds is 7. The number of fused-ring (bicyclic) bond motifs is 1. The maximum absolute atomic E-state index is 13.3. The molecule has 3 heterocycles. The highest BCUT2D eigenvalue weighted by Gasteiger charge is 2.24. The largest absolute Gasteiger partial charge is 0.354 e. The van der Waals surface area contributed by atoms with Crippen molar-refractivity contribution in [1.82, 2.24) is 19.6 Å². The molecule has 0 spiro atoms. The number of carbonyl (C=O) groups excluding carboxylic acids is 1. The summed E-state index contributed by atoms with van der Waals surface area (Å²) in [6.07, 6.45) is 4.76. The number of pyridine rings is 1. The topological polar surface area (TPSA) is 49.6 Å². The van der Waals surface area contributed by atoms with Crippen molar-refractivity contribution in [2.45, 2.75) is 46.1 Å². The van der Waals surface area contributed by atoms with Crippen molar-refractivity contribution in [3.05, 3.63) is 94.8 Å². The molecule has 1 N–H and O–H groups in total. The quantitative estimate of drug-likeness (QED) is 0.396. The molecule has 0 aliphatic carbocycles. The second kappa shape index (κ2) is 10.0. The minimum absolute atomic E-state index is 0.0255. The Balaban J connectivity index is 1.41. The van der Waals surface area contributed by atoms with Crippen molar-refractivity contribution in [2.75, 3.05) is 19.6 Å². The van der Waals surface area contributed by atoms with Crippen LogP contribution in [0.1, 0.15) is 46.8 Å². The SMILES string of the molecule is Cc1ccn2c(CC(=O)NCC(c3ccccc3)N3CCCC3)c(-c3ccc(C)c(C)c3)nc2c1. The monoisotopic (exact) mass is 466 g/mol. The third-order valence-corrected chi connectivity index (χ3v) is 7.25. The lowest BCUT2D eigenvalue weighted by molar-refractivity contribution is -0.120.